The minimum absolute atomic E-state index is 0.120. The fourth-order valence-electron chi connectivity index (χ4n) is 1.25. The second-order valence-electron chi connectivity index (χ2n) is 3.41. The molecule has 6 nitrogen and oxygen atoms in total. The number of sulfonamides is 1. The topological polar surface area (TPSA) is 89.5 Å². The maximum Gasteiger partial charge on any atom is 0.323 e. The second kappa shape index (κ2) is 6.15. The van der Waals surface area contributed by atoms with Crippen molar-refractivity contribution in [3.05, 3.63) is 29.8 Å². The predicted octanol–water partition coefficient (Wildman–Crippen LogP) is 0.804. The molecule has 0 aliphatic rings. The van der Waals surface area contributed by atoms with Crippen molar-refractivity contribution >= 4 is 28.0 Å². The molecule has 1 N–H and O–H groups in total. The Hall–Kier alpha value is -1.89. The molecule has 0 saturated heterocycles. The molecule has 0 bridgehead atoms. The molecule has 18 heavy (non-hydrogen) atoms. The zero-order valence-electron chi connectivity index (χ0n) is 9.75. The Bertz CT molecular complexity index is 538. The number of aldehydes is 1. The molecule has 7 heteroatoms. The zero-order chi connectivity index (χ0) is 13.6. The van der Waals surface area contributed by atoms with Crippen LogP contribution in [0.5, 0.6) is 0 Å². The van der Waals surface area contributed by atoms with Gasteiger partial charge in [-0.3, -0.25) is 14.3 Å². The van der Waals surface area contributed by atoms with E-state index in [4.69, 9.17) is 0 Å². The molecule has 0 heterocycles. The average molecular weight is 271 g/mol. The van der Waals surface area contributed by atoms with Gasteiger partial charge in [-0.1, -0.05) is 12.1 Å². The Morgan fingerprint density at radius 3 is 2.78 bits per heavy atom. The monoisotopic (exact) mass is 271 g/mol. The largest absolute Gasteiger partial charge is 0.465 e. The highest BCUT2D eigenvalue weighted by Gasteiger charge is 2.17. The molecule has 0 spiro atoms. The molecule has 98 valence electrons. The van der Waals surface area contributed by atoms with Crippen molar-refractivity contribution < 1.29 is 22.7 Å². The summed E-state index contributed by atoms with van der Waals surface area (Å²) < 4.78 is 29.9. The second-order valence-corrected chi connectivity index (χ2v) is 5.13. The Morgan fingerprint density at radius 1 is 1.44 bits per heavy atom. The van der Waals surface area contributed by atoms with E-state index < -0.39 is 21.7 Å². The Morgan fingerprint density at radius 2 is 2.17 bits per heavy atom. The number of hydrogen-bond donors (Lipinski definition) is 1. The van der Waals surface area contributed by atoms with Gasteiger partial charge in [0, 0.05) is 11.3 Å². The summed E-state index contributed by atoms with van der Waals surface area (Å²) in [6, 6.07) is 5.92. The lowest BCUT2D eigenvalue weighted by atomic mass is 10.2. The number of esters is 1. The standard InChI is InChI=1S/C11H13NO5S/c1-2-17-11(14)8-18(15,16)12-10-5-3-4-9(6-10)7-13/h3-7,12H,2,8H2,1H3. The molecule has 0 aromatic heterocycles. The smallest absolute Gasteiger partial charge is 0.323 e. The molecule has 0 amide bonds. The number of anilines is 1. The third-order valence-corrected chi connectivity index (χ3v) is 3.07. The summed E-state index contributed by atoms with van der Waals surface area (Å²) in [5.41, 5.74) is 0.565. The van der Waals surface area contributed by atoms with Gasteiger partial charge in [-0.2, -0.15) is 0 Å². The van der Waals surface area contributed by atoms with Crippen LogP contribution < -0.4 is 4.72 Å². The highest BCUT2D eigenvalue weighted by atomic mass is 32.2. The number of ether oxygens (including phenoxy) is 1. The summed E-state index contributed by atoms with van der Waals surface area (Å²) in [4.78, 5) is 21.6. The molecule has 1 aromatic rings. The van der Waals surface area contributed by atoms with Gasteiger partial charge in [-0.25, -0.2) is 8.42 Å². The van der Waals surface area contributed by atoms with Crippen molar-refractivity contribution in [2.24, 2.45) is 0 Å². The third-order valence-electron chi connectivity index (χ3n) is 1.91. The third kappa shape index (κ3) is 4.54. The minimum atomic E-state index is -3.82. The summed E-state index contributed by atoms with van der Waals surface area (Å²) in [5.74, 6) is -1.58. The van der Waals surface area contributed by atoms with E-state index >= 15 is 0 Å². The van der Waals surface area contributed by atoms with Crippen LogP contribution >= 0.6 is 0 Å². The molecular formula is C11H13NO5S. The molecule has 1 aromatic carbocycles. The fraction of sp³-hybridized carbons (Fsp3) is 0.273. The molecule has 0 unspecified atom stereocenters. The van der Waals surface area contributed by atoms with Crippen LogP contribution in [0.2, 0.25) is 0 Å². The van der Waals surface area contributed by atoms with Gasteiger partial charge in [0.15, 0.2) is 5.75 Å². The molecule has 0 fully saturated rings. The molecule has 0 aliphatic carbocycles. The number of carbonyl (C=O) groups is 2. The van der Waals surface area contributed by atoms with Gasteiger partial charge in [-0.15, -0.1) is 0 Å². The maximum atomic E-state index is 11.6. The molecule has 0 aliphatic heterocycles. The van der Waals surface area contributed by atoms with Gasteiger partial charge in [0.05, 0.1) is 6.61 Å². The number of benzene rings is 1. The van der Waals surface area contributed by atoms with E-state index in [2.05, 4.69) is 9.46 Å². The van der Waals surface area contributed by atoms with E-state index in [1.807, 2.05) is 0 Å². The van der Waals surface area contributed by atoms with E-state index in [0.717, 1.165) is 0 Å². The van der Waals surface area contributed by atoms with Gasteiger partial charge in [0.2, 0.25) is 10.0 Å². The van der Waals surface area contributed by atoms with E-state index in [1.165, 1.54) is 24.3 Å². The highest BCUT2D eigenvalue weighted by molar-refractivity contribution is 7.93. The molecular weight excluding hydrogens is 258 g/mol. The maximum absolute atomic E-state index is 11.6. The van der Waals surface area contributed by atoms with Crippen LogP contribution in [-0.4, -0.2) is 33.0 Å². The van der Waals surface area contributed by atoms with Crippen LogP contribution in [0.25, 0.3) is 0 Å². The fourth-order valence-corrected chi connectivity index (χ4v) is 2.20. The van der Waals surface area contributed by atoms with Gasteiger partial charge in [0.25, 0.3) is 0 Å². The van der Waals surface area contributed by atoms with Crippen LogP contribution in [0.3, 0.4) is 0 Å². The molecule has 0 radical (unpaired) electrons. The molecule has 0 saturated carbocycles. The number of rotatable bonds is 6. The Labute approximate surface area is 105 Å². The summed E-state index contributed by atoms with van der Waals surface area (Å²) in [6.45, 7) is 1.71. The van der Waals surface area contributed by atoms with Gasteiger partial charge in [0.1, 0.15) is 6.29 Å². The molecule has 1 rings (SSSR count). The zero-order valence-corrected chi connectivity index (χ0v) is 10.6. The quantitative estimate of drug-likeness (QED) is 0.610. The van der Waals surface area contributed by atoms with E-state index in [1.54, 1.807) is 6.92 Å². The van der Waals surface area contributed by atoms with E-state index in [0.29, 0.717) is 11.8 Å². The predicted molar refractivity (Wildman–Crippen MR) is 65.9 cm³/mol. The first-order valence-corrected chi connectivity index (χ1v) is 6.83. The van der Waals surface area contributed by atoms with Crippen molar-refractivity contribution in [3.63, 3.8) is 0 Å². The lowest BCUT2D eigenvalue weighted by molar-refractivity contribution is -0.139. The van der Waals surface area contributed by atoms with E-state index in [9.17, 15) is 18.0 Å². The SMILES string of the molecule is CCOC(=O)CS(=O)(=O)Nc1cccc(C=O)c1. The van der Waals surface area contributed by atoms with Gasteiger partial charge < -0.3 is 4.74 Å². The lowest BCUT2D eigenvalue weighted by Crippen LogP contribution is -2.24. The van der Waals surface area contributed by atoms with Crippen molar-refractivity contribution in [2.75, 3.05) is 17.1 Å². The van der Waals surface area contributed by atoms with Crippen LogP contribution in [0.1, 0.15) is 17.3 Å². The minimum Gasteiger partial charge on any atom is -0.465 e. The summed E-state index contributed by atoms with van der Waals surface area (Å²) in [5, 5.41) is 0. The van der Waals surface area contributed by atoms with Crippen molar-refractivity contribution in [2.45, 2.75) is 6.92 Å². The number of nitrogens with one attached hydrogen (secondary N) is 1. The summed E-state index contributed by atoms with van der Waals surface area (Å²) in [6.07, 6.45) is 0.600. The summed E-state index contributed by atoms with van der Waals surface area (Å²) in [7, 11) is -3.82. The number of carbonyl (C=O) groups excluding carboxylic acids is 2. The van der Waals surface area contributed by atoms with Crippen LogP contribution in [0, 0.1) is 0 Å². The Kier molecular flexibility index (Phi) is 4.85. The average Bonchev–Trinajstić information content (AvgIpc) is 2.28. The highest BCUT2D eigenvalue weighted by Crippen LogP contribution is 2.11. The first-order valence-electron chi connectivity index (χ1n) is 5.18. The van der Waals surface area contributed by atoms with Crippen molar-refractivity contribution in [1.29, 1.82) is 0 Å². The molecule has 0 atom stereocenters. The lowest BCUT2D eigenvalue weighted by Gasteiger charge is -2.07. The van der Waals surface area contributed by atoms with Crippen LogP contribution in [-0.2, 0) is 19.6 Å². The van der Waals surface area contributed by atoms with Crippen LogP contribution in [0.4, 0.5) is 5.69 Å². The normalized spacial score (nSPS) is 10.7. The van der Waals surface area contributed by atoms with Crippen molar-refractivity contribution in [3.8, 4) is 0 Å². The Balaban J connectivity index is 2.76. The van der Waals surface area contributed by atoms with Crippen LogP contribution in [0.15, 0.2) is 24.3 Å². The van der Waals surface area contributed by atoms with Gasteiger partial charge >= 0.3 is 5.97 Å². The number of hydrogen-bond acceptors (Lipinski definition) is 5. The van der Waals surface area contributed by atoms with Gasteiger partial charge in [-0.05, 0) is 19.1 Å². The summed E-state index contributed by atoms with van der Waals surface area (Å²) >= 11 is 0. The van der Waals surface area contributed by atoms with E-state index in [-0.39, 0.29) is 12.3 Å². The first-order chi connectivity index (χ1) is 8.46. The first kappa shape index (κ1) is 14.2. The van der Waals surface area contributed by atoms with Crippen molar-refractivity contribution in [1.82, 2.24) is 0 Å².